The Morgan fingerprint density at radius 1 is 1.78 bits per heavy atom. The van der Waals surface area contributed by atoms with Crippen molar-refractivity contribution in [3.63, 3.8) is 0 Å². The summed E-state index contributed by atoms with van der Waals surface area (Å²) in [6.07, 6.45) is 1.55. The van der Waals surface area contributed by atoms with E-state index in [1.165, 1.54) is 6.21 Å². The highest BCUT2D eigenvalue weighted by atomic mass is 16.3. The fraction of sp³-hybridized carbons (Fsp3) is 0.600. The average Bonchev–Trinajstić information content (AvgIpc) is 1.80. The predicted molar refractivity (Wildman–Crippen MR) is 34.3 cm³/mol. The summed E-state index contributed by atoms with van der Waals surface area (Å²) in [5.74, 6) is -0.406. The molecule has 0 fully saturated rings. The number of hydrogen-bond acceptors (Lipinski definition) is 3. The van der Waals surface area contributed by atoms with Crippen LogP contribution in [0.4, 0.5) is 0 Å². The van der Waals surface area contributed by atoms with Gasteiger partial charge in [0.1, 0.15) is 0 Å². The Morgan fingerprint density at radius 3 is 2.89 bits per heavy atom. The Labute approximate surface area is 53.4 Å². The smallest absolute Gasteiger partial charge is 0.222 e. The van der Waals surface area contributed by atoms with Gasteiger partial charge in [0.05, 0.1) is 19.6 Å². The molecular formula is C5H10N2O2. The van der Waals surface area contributed by atoms with Gasteiger partial charge in [-0.1, -0.05) is 0 Å². The van der Waals surface area contributed by atoms with Gasteiger partial charge in [-0.2, -0.15) is 0 Å². The molecule has 9 heavy (non-hydrogen) atoms. The maximum Gasteiger partial charge on any atom is 0.222 e. The van der Waals surface area contributed by atoms with E-state index < -0.39 is 5.91 Å². The van der Waals surface area contributed by atoms with E-state index in [2.05, 4.69) is 4.99 Å². The van der Waals surface area contributed by atoms with Crippen LogP contribution in [0.1, 0.15) is 6.42 Å². The number of rotatable bonds is 4. The maximum absolute atomic E-state index is 10.0. The average molecular weight is 130 g/mol. The molecule has 0 rings (SSSR count). The number of hydrogen-bond donors (Lipinski definition) is 2. The lowest BCUT2D eigenvalue weighted by atomic mass is 10.4. The van der Waals surface area contributed by atoms with E-state index in [0.717, 1.165) is 0 Å². The summed E-state index contributed by atoms with van der Waals surface area (Å²) in [6, 6.07) is 0. The topological polar surface area (TPSA) is 75.7 Å². The van der Waals surface area contributed by atoms with Crippen molar-refractivity contribution in [2.45, 2.75) is 6.42 Å². The van der Waals surface area contributed by atoms with E-state index in [9.17, 15) is 4.79 Å². The second-order valence-corrected chi connectivity index (χ2v) is 1.48. The van der Waals surface area contributed by atoms with E-state index in [1.807, 2.05) is 0 Å². The van der Waals surface area contributed by atoms with Crippen LogP contribution in [0.3, 0.4) is 0 Å². The first-order valence-corrected chi connectivity index (χ1v) is 2.65. The Balaban J connectivity index is 3.14. The lowest BCUT2D eigenvalue weighted by molar-refractivity contribution is -0.116. The van der Waals surface area contributed by atoms with E-state index >= 15 is 0 Å². The largest absolute Gasteiger partial charge is 0.394 e. The third-order valence-corrected chi connectivity index (χ3v) is 0.651. The van der Waals surface area contributed by atoms with Crippen molar-refractivity contribution in [1.29, 1.82) is 0 Å². The van der Waals surface area contributed by atoms with Crippen molar-refractivity contribution in [3.05, 3.63) is 0 Å². The number of aliphatic hydroxyl groups excluding tert-OH is 1. The maximum atomic E-state index is 10.0. The first kappa shape index (κ1) is 8.10. The summed E-state index contributed by atoms with van der Waals surface area (Å²) >= 11 is 0. The highest BCUT2D eigenvalue weighted by molar-refractivity contribution is 5.88. The number of nitrogens with two attached hydrogens (primary N) is 1. The van der Waals surface area contributed by atoms with Crippen LogP contribution in [0.15, 0.2) is 4.99 Å². The molecule has 0 bridgehead atoms. The Morgan fingerprint density at radius 2 is 2.44 bits per heavy atom. The Kier molecular flexibility index (Phi) is 4.72. The number of aliphatic imine (C=N–C) groups is 1. The number of carbonyl (C=O) groups is 1. The molecule has 0 aliphatic carbocycles. The van der Waals surface area contributed by atoms with Gasteiger partial charge in [0.25, 0.3) is 0 Å². The van der Waals surface area contributed by atoms with Gasteiger partial charge in [-0.3, -0.25) is 9.79 Å². The molecule has 0 atom stereocenters. The quantitative estimate of drug-likeness (QED) is 0.475. The molecule has 3 N–H and O–H groups in total. The minimum absolute atomic E-state index is 0.00919. The molecule has 0 saturated carbocycles. The van der Waals surface area contributed by atoms with Gasteiger partial charge in [-0.05, 0) is 0 Å². The molecule has 0 heterocycles. The van der Waals surface area contributed by atoms with Gasteiger partial charge in [0.15, 0.2) is 0 Å². The minimum atomic E-state index is -0.406. The number of aliphatic hydroxyl groups is 1. The van der Waals surface area contributed by atoms with Crippen molar-refractivity contribution in [2.75, 3.05) is 13.2 Å². The molecule has 0 radical (unpaired) electrons. The summed E-state index contributed by atoms with van der Waals surface area (Å²) in [5, 5.41) is 8.20. The SMILES string of the molecule is NC(=O)CC=NCCO. The number of primary amides is 1. The molecule has 4 nitrogen and oxygen atoms in total. The third kappa shape index (κ3) is 7.10. The third-order valence-electron chi connectivity index (χ3n) is 0.651. The first-order chi connectivity index (χ1) is 4.27. The van der Waals surface area contributed by atoms with Crippen LogP contribution in [0.5, 0.6) is 0 Å². The van der Waals surface area contributed by atoms with Gasteiger partial charge in [0, 0.05) is 6.21 Å². The van der Waals surface area contributed by atoms with Crippen molar-refractivity contribution in [1.82, 2.24) is 0 Å². The molecule has 0 spiro atoms. The van der Waals surface area contributed by atoms with E-state index in [0.29, 0.717) is 6.54 Å². The van der Waals surface area contributed by atoms with Crippen molar-refractivity contribution in [3.8, 4) is 0 Å². The molecule has 0 unspecified atom stereocenters. The summed E-state index contributed by atoms with van der Waals surface area (Å²) in [6.45, 7) is 0.350. The molecule has 0 aliphatic heterocycles. The van der Waals surface area contributed by atoms with Crippen LogP contribution < -0.4 is 5.73 Å². The van der Waals surface area contributed by atoms with Crippen LogP contribution in [-0.4, -0.2) is 30.4 Å². The monoisotopic (exact) mass is 130 g/mol. The van der Waals surface area contributed by atoms with Crippen molar-refractivity contribution in [2.24, 2.45) is 10.7 Å². The molecule has 0 aromatic carbocycles. The predicted octanol–water partition coefficient (Wildman–Crippen LogP) is -1.08. The molecule has 0 saturated heterocycles. The number of carbonyl (C=O) groups excluding carboxylic acids is 1. The van der Waals surface area contributed by atoms with Crippen molar-refractivity contribution < 1.29 is 9.90 Å². The molecule has 1 amide bonds. The molecule has 0 aromatic heterocycles. The van der Waals surface area contributed by atoms with Gasteiger partial charge < -0.3 is 10.8 Å². The second-order valence-electron chi connectivity index (χ2n) is 1.48. The Hall–Kier alpha value is -0.900. The number of amides is 1. The van der Waals surface area contributed by atoms with E-state index in [4.69, 9.17) is 10.8 Å². The molecule has 52 valence electrons. The van der Waals surface area contributed by atoms with E-state index in [-0.39, 0.29) is 13.0 Å². The zero-order valence-electron chi connectivity index (χ0n) is 5.08. The molecule has 0 aliphatic rings. The summed E-state index contributed by atoms with van der Waals surface area (Å²) in [7, 11) is 0. The minimum Gasteiger partial charge on any atom is -0.394 e. The highest BCUT2D eigenvalue weighted by Gasteiger charge is 1.85. The van der Waals surface area contributed by atoms with Crippen LogP contribution in [0, 0.1) is 0 Å². The highest BCUT2D eigenvalue weighted by Crippen LogP contribution is 1.70. The van der Waals surface area contributed by atoms with Crippen molar-refractivity contribution >= 4 is 12.1 Å². The van der Waals surface area contributed by atoms with Crippen LogP contribution in [-0.2, 0) is 4.79 Å². The first-order valence-electron chi connectivity index (χ1n) is 2.65. The van der Waals surface area contributed by atoms with Gasteiger partial charge in [0.2, 0.25) is 5.91 Å². The fourth-order valence-electron chi connectivity index (χ4n) is 0.304. The summed E-state index contributed by atoms with van der Waals surface area (Å²) < 4.78 is 0. The van der Waals surface area contributed by atoms with Gasteiger partial charge >= 0.3 is 0 Å². The van der Waals surface area contributed by atoms with E-state index in [1.54, 1.807) is 0 Å². The molecule has 0 aromatic rings. The second kappa shape index (κ2) is 5.24. The van der Waals surface area contributed by atoms with Crippen LogP contribution in [0.25, 0.3) is 0 Å². The lowest BCUT2D eigenvalue weighted by Gasteiger charge is -1.84. The zero-order chi connectivity index (χ0) is 7.11. The Bertz CT molecular complexity index is 112. The number of nitrogens with zero attached hydrogens (tertiary/aromatic N) is 1. The van der Waals surface area contributed by atoms with Crippen LogP contribution >= 0.6 is 0 Å². The zero-order valence-corrected chi connectivity index (χ0v) is 5.08. The normalized spacial score (nSPS) is 10.3. The summed E-state index contributed by atoms with van der Waals surface area (Å²) in [5.41, 5.74) is 4.78. The molecule has 4 heteroatoms. The van der Waals surface area contributed by atoms with Crippen LogP contribution in [0.2, 0.25) is 0 Å². The fourth-order valence-corrected chi connectivity index (χ4v) is 0.304. The van der Waals surface area contributed by atoms with Gasteiger partial charge in [-0.15, -0.1) is 0 Å². The lowest BCUT2D eigenvalue weighted by Crippen LogP contribution is -2.10. The van der Waals surface area contributed by atoms with Gasteiger partial charge in [-0.25, -0.2) is 0 Å². The molecular weight excluding hydrogens is 120 g/mol. The standard InChI is InChI=1S/C5H10N2O2/c6-5(9)1-2-7-3-4-8/h2,8H,1,3-4H2,(H2,6,9). The summed E-state index contributed by atoms with van der Waals surface area (Å²) in [4.78, 5) is 13.7.